The van der Waals surface area contributed by atoms with Crippen molar-refractivity contribution in [2.75, 3.05) is 13.2 Å². The average molecular weight is 363 g/mol. The molecular weight excluding hydrogens is 348 g/mol. The quantitative estimate of drug-likeness (QED) is 0.432. The molecular formula is C12H15NNa2O5S2. The molecule has 1 heterocycles. The Hall–Kier alpha value is 0.650. The number of fused-ring (bicyclic) bond motifs is 1. The molecule has 2 rings (SSSR count). The van der Waals surface area contributed by atoms with Gasteiger partial charge in [0.2, 0.25) is 0 Å². The van der Waals surface area contributed by atoms with E-state index in [1.807, 2.05) is 0 Å². The molecule has 6 nitrogen and oxygen atoms in total. The number of carbonyl (C=O) groups excluding carboxylic acids is 2. The molecule has 0 fully saturated rings. The summed E-state index contributed by atoms with van der Waals surface area (Å²) in [6, 6.07) is 6.67. The van der Waals surface area contributed by atoms with E-state index in [0.29, 0.717) is 24.0 Å². The second kappa shape index (κ2) is 9.83. The average Bonchev–Trinajstić information content (AvgIpc) is 2.62. The van der Waals surface area contributed by atoms with E-state index in [2.05, 4.69) is 15.4 Å². The predicted molar refractivity (Wildman–Crippen MR) is 89.4 cm³/mol. The van der Waals surface area contributed by atoms with Gasteiger partial charge in [-0.05, 0) is 25.0 Å². The Bertz CT molecular complexity index is 616. The molecule has 1 aliphatic rings. The van der Waals surface area contributed by atoms with Gasteiger partial charge in [0.1, 0.15) is 0 Å². The van der Waals surface area contributed by atoms with Gasteiger partial charge < -0.3 is 0 Å². The summed E-state index contributed by atoms with van der Waals surface area (Å²) in [6.45, 7) is 0.266. The van der Waals surface area contributed by atoms with Crippen LogP contribution in [-0.2, 0) is 24.4 Å². The molecule has 112 valence electrons. The molecule has 0 aromatic heterocycles. The van der Waals surface area contributed by atoms with Crippen molar-refractivity contribution in [3.63, 3.8) is 0 Å². The van der Waals surface area contributed by atoms with Crippen LogP contribution in [0.25, 0.3) is 0 Å². The van der Waals surface area contributed by atoms with Crippen molar-refractivity contribution < 1.29 is 22.5 Å². The summed E-state index contributed by atoms with van der Waals surface area (Å²) < 4.78 is 23.9. The van der Waals surface area contributed by atoms with Crippen LogP contribution in [0.5, 0.6) is 0 Å². The fraction of sp³-hybridized carbons (Fsp3) is 0.333. The fourth-order valence-electron chi connectivity index (χ4n) is 1.98. The van der Waals surface area contributed by atoms with Crippen LogP contribution in [0.4, 0.5) is 0 Å². The summed E-state index contributed by atoms with van der Waals surface area (Å²) in [7, 11) is -3.60. The molecule has 1 unspecified atom stereocenters. The first-order valence-electron chi connectivity index (χ1n) is 5.97. The van der Waals surface area contributed by atoms with Crippen LogP contribution in [0.2, 0.25) is 0 Å². The summed E-state index contributed by atoms with van der Waals surface area (Å²) in [5.41, 5.74) is 0.829. The summed E-state index contributed by atoms with van der Waals surface area (Å²) in [6.07, 6.45) is 0.915. The normalized spacial score (nSPS) is 15.6. The van der Waals surface area contributed by atoms with Crippen molar-refractivity contribution in [1.82, 2.24) is 4.90 Å². The van der Waals surface area contributed by atoms with Crippen LogP contribution >= 0.6 is 0 Å². The molecule has 2 amide bonds. The zero-order valence-corrected chi connectivity index (χ0v) is 12.1. The predicted octanol–water partition coefficient (Wildman–Crippen LogP) is -0.0833. The van der Waals surface area contributed by atoms with Crippen molar-refractivity contribution in [1.29, 1.82) is 0 Å². The summed E-state index contributed by atoms with van der Waals surface area (Å²) in [5.74, 6) is -0.610. The van der Waals surface area contributed by atoms with Crippen molar-refractivity contribution in [3.05, 3.63) is 35.4 Å². The van der Waals surface area contributed by atoms with Crippen molar-refractivity contribution in [2.45, 2.75) is 12.8 Å². The Morgan fingerprint density at radius 3 is 2.05 bits per heavy atom. The van der Waals surface area contributed by atoms with E-state index in [4.69, 9.17) is 4.55 Å². The van der Waals surface area contributed by atoms with Gasteiger partial charge in [0.25, 0.3) is 20.9 Å². The van der Waals surface area contributed by atoms with Gasteiger partial charge in [-0.3, -0.25) is 23.2 Å². The molecule has 0 bridgehead atoms. The monoisotopic (exact) mass is 363 g/mol. The molecule has 10 heteroatoms. The Balaban J connectivity index is 0.00000220. The summed E-state index contributed by atoms with van der Waals surface area (Å²) in [4.78, 5) is 25.2. The third-order valence-corrected chi connectivity index (χ3v) is 3.64. The molecule has 1 atom stereocenters. The van der Waals surface area contributed by atoms with E-state index in [1.54, 1.807) is 24.3 Å². The zero-order chi connectivity index (χ0) is 14.8. The molecule has 1 aliphatic heterocycles. The SMILES string of the molecule is O=C1c2ccccc2C(=O)N1CCCCOS(=O)(O)=S.[NaH].[NaH]. The van der Waals surface area contributed by atoms with Crippen molar-refractivity contribution in [2.24, 2.45) is 0 Å². The van der Waals surface area contributed by atoms with Crippen LogP contribution in [0.3, 0.4) is 0 Å². The van der Waals surface area contributed by atoms with E-state index in [9.17, 15) is 13.8 Å². The van der Waals surface area contributed by atoms with Crippen molar-refractivity contribution >= 4 is 91.2 Å². The molecule has 1 aromatic rings. The van der Waals surface area contributed by atoms with Crippen LogP contribution < -0.4 is 0 Å². The van der Waals surface area contributed by atoms with Gasteiger partial charge in [-0.2, -0.15) is 4.21 Å². The first-order chi connectivity index (χ1) is 9.40. The first-order valence-corrected chi connectivity index (χ1v) is 8.34. The minimum atomic E-state index is -3.60. The number of benzene rings is 1. The molecule has 22 heavy (non-hydrogen) atoms. The van der Waals surface area contributed by atoms with Gasteiger partial charge in [0, 0.05) is 17.7 Å². The fourth-order valence-corrected chi connectivity index (χ4v) is 2.51. The Labute approximate surface area is 178 Å². The molecule has 0 aliphatic carbocycles. The van der Waals surface area contributed by atoms with Gasteiger partial charge >= 0.3 is 59.1 Å². The number of hydrogen-bond acceptors (Lipinski definition) is 5. The van der Waals surface area contributed by atoms with Gasteiger partial charge in [-0.15, -0.1) is 0 Å². The van der Waals surface area contributed by atoms with Crippen LogP contribution in [-0.4, -0.2) is 97.7 Å². The van der Waals surface area contributed by atoms with Crippen LogP contribution in [0, 0.1) is 0 Å². The van der Waals surface area contributed by atoms with E-state index >= 15 is 0 Å². The Kier molecular flexibility index (Phi) is 10.1. The molecule has 0 radical (unpaired) electrons. The third kappa shape index (κ3) is 5.94. The van der Waals surface area contributed by atoms with Gasteiger partial charge in [0.05, 0.1) is 17.7 Å². The van der Waals surface area contributed by atoms with E-state index in [-0.39, 0.29) is 84.1 Å². The van der Waals surface area contributed by atoms with E-state index in [1.165, 1.54) is 4.90 Å². The topological polar surface area (TPSA) is 83.9 Å². The van der Waals surface area contributed by atoms with Gasteiger partial charge in [-0.1, -0.05) is 12.1 Å². The number of amides is 2. The zero-order valence-electron chi connectivity index (χ0n) is 10.5. The van der Waals surface area contributed by atoms with E-state index in [0.717, 1.165) is 0 Å². The number of imide groups is 1. The summed E-state index contributed by atoms with van der Waals surface area (Å²) >= 11 is 4.17. The number of hydrogen-bond donors (Lipinski definition) is 1. The van der Waals surface area contributed by atoms with Gasteiger partial charge in [0.15, 0.2) is 0 Å². The number of rotatable bonds is 6. The molecule has 1 N–H and O–H groups in total. The van der Waals surface area contributed by atoms with E-state index < -0.39 is 9.05 Å². The minimum absolute atomic E-state index is 0. The Morgan fingerprint density at radius 2 is 1.59 bits per heavy atom. The van der Waals surface area contributed by atoms with Crippen LogP contribution in [0.1, 0.15) is 33.6 Å². The summed E-state index contributed by atoms with van der Waals surface area (Å²) in [5, 5.41) is 0. The third-order valence-electron chi connectivity index (χ3n) is 2.89. The molecule has 1 aromatic carbocycles. The van der Waals surface area contributed by atoms with Crippen molar-refractivity contribution in [3.8, 4) is 0 Å². The second-order valence-corrected chi connectivity index (χ2v) is 6.62. The maximum absolute atomic E-state index is 12.0. The number of nitrogens with zero attached hydrogens (tertiary/aromatic N) is 1. The number of carbonyl (C=O) groups is 2. The maximum atomic E-state index is 12.0. The van der Waals surface area contributed by atoms with Crippen LogP contribution in [0.15, 0.2) is 24.3 Å². The standard InChI is InChI=1S/C12H13NO5S2.2Na.2H/c14-11-9-5-1-2-6-10(9)12(15)13(11)7-3-4-8-18-20(16,17)19;;;;/h1-2,5-6H,3-4,7-8H2,(H,16,17,19);;;;. The molecule has 0 spiro atoms. The molecule has 0 saturated carbocycles. The van der Waals surface area contributed by atoms with Gasteiger partial charge in [-0.25, -0.2) is 0 Å². The molecule has 0 saturated heterocycles. The number of unbranched alkanes of at least 4 members (excludes halogenated alkanes) is 1. The Morgan fingerprint density at radius 1 is 1.09 bits per heavy atom. The second-order valence-electron chi connectivity index (χ2n) is 4.26. The first kappa shape index (κ1) is 22.6.